The van der Waals surface area contributed by atoms with Crippen molar-refractivity contribution in [2.45, 2.75) is 20.8 Å². The van der Waals surface area contributed by atoms with E-state index in [0.717, 1.165) is 11.3 Å². The average molecular weight is 249 g/mol. The third-order valence-corrected chi connectivity index (χ3v) is 2.83. The van der Waals surface area contributed by atoms with Crippen molar-refractivity contribution in [3.63, 3.8) is 0 Å². The summed E-state index contributed by atoms with van der Waals surface area (Å²) in [5.74, 6) is 0.0289. The molecule has 0 aliphatic rings. The molecule has 0 atom stereocenters. The fraction of sp³-hybridized carbons (Fsp3) is 0.417. The molecule has 2 aromatic heterocycles. The summed E-state index contributed by atoms with van der Waals surface area (Å²) in [6, 6.07) is 0. The molecule has 0 bridgehead atoms. The SMILES string of the molecule is CCOC(=O)c1c(-c2cnn(C)c2C)noc1C. The lowest BCUT2D eigenvalue weighted by molar-refractivity contribution is 0.0525. The van der Waals surface area contributed by atoms with Crippen molar-refractivity contribution in [1.29, 1.82) is 0 Å². The second-order valence-electron chi connectivity index (χ2n) is 3.95. The molecule has 0 radical (unpaired) electrons. The van der Waals surface area contributed by atoms with Gasteiger partial charge in [-0.05, 0) is 20.8 Å². The van der Waals surface area contributed by atoms with Gasteiger partial charge in [0, 0.05) is 18.3 Å². The molecule has 0 saturated carbocycles. The van der Waals surface area contributed by atoms with Crippen molar-refractivity contribution < 1.29 is 14.1 Å². The third-order valence-electron chi connectivity index (χ3n) is 2.83. The lowest BCUT2D eigenvalue weighted by atomic mass is 10.1. The number of rotatable bonds is 3. The Hall–Kier alpha value is -2.11. The third kappa shape index (κ3) is 1.90. The topological polar surface area (TPSA) is 70.2 Å². The summed E-state index contributed by atoms with van der Waals surface area (Å²) in [6.45, 7) is 5.67. The van der Waals surface area contributed by atoms with Crippen LogP contribution in [0.15, 0.2) is 10.7 Å². The highest BCUT2D eigenvalue weighted by Crippen LogP contribution is 2.28. The van der Waals surface area contributed by atoms with Gasteiger partial charge in [0.05, 0.1) is 12.8 Å². The molecule has 0 spiro atoms. The molecule has 96 valence electrons. The van der Waals surface area contributed by atoms with Gasteiger partial charge in [-0.25, -0.2) is 4.79 Å². The van der Waals surface area contributed by atoms with Gasteiger partial charge in [-0.2, -0.15) is 5.10 Å². The highest BCUT2D eigenvalue weighted by molar-refractivity contribution is 5.97. The number of hydrogen-bond acceptors (Lipinski definition) is 5. The zero-order valence-electron chi connectivity index (χ0n) is 10.9. The predicted octanol–water partition coefficient (Wildman–Crippen LogP) is 1.87. The summed E-state index contributed by atoms with van der Waals surface area (Å²) in [6.07, 6.45) is 1.66. The Morgan fingerprint density at radius 2 is 2.22 bits per heavy atom. The molecule has 0 saturated heterocycles. The van der Waals surface area contributed by atoms with Crippen LogP contribution in [0.5, 0.6) is 0 Å². The van der Waals surface area contributed by atoms with Gasteiger partial charge in [-0.1, -0.05) is 5.16 Å². The normalized spacial score (nSPS) is 10.7. The van der Waals surface area contributed by atoms with Gasteiger partial charge in [0.15, 0.2) is 0 Å². The maximum absolute atomic E-state index is 11.9. The minimum Gasteiger partial charge on any atom is -0.462 e. The van der Waals surface area contributed by atoms with Crippen molar-refractivity contribution in [3.8, 4) is 11.3 Å². The molecule has 6 heteroatoms. The van der Waals surface area contributed by atoms with Crippen molar-refractivity contribution >= 4 is 5.97 Å². The minimum absolute atomic E-state index is 0.314. The van der Waals surface area contributed by atoms with Gasteiger partial charge < -0.3 is 9.26 Å². The van der Waals surface area contributed by atoms with Gasteiger partial charge in [0.1, 0.15) is 17.0 Å². The number of esters is 1. The first-order chi connectivity index (χ1) is 8.56. The van der Waals surface area contributed by atoms with E-state index >= 15 is 0 Å². The summed E-state index contributed by atoms with van der Waals surface area (Å²) < 4.78 is 11.8. The van der Waals surface area contributed by atoms with E-state index in [-0.39, 0.29) is 0 Å². The van der Waals surface area contributed by atoms with Crippen LogP contribution in [-0.4, -0.2) is 27.5 Å². The molecule has 0 unspecified atom stereocenters. The van der Waals surface area contributed by atoms with Gasteiger partial charge >= 0.3 is 5.97 Å². The second-order valence-corrected chi connectivity index (χ2v) is 3.95. The largest absolute Gasteiger partial charge is 0.462 e. The van der Waals surface area contributed by atoms with Crippen molar-refractivity contribution in [3.05, 3.63) is 23.2 Å². The van der Waals surface area contributed by atoms with E-state index in [1.54, 1.807) is 24.7 Å². The first-order valence-corrected chi connectivity index (χ1v) is 5.68. The van der Waals surface area contributed by atoms with Crippen LogP contribution in [0.25, 0.3) is 11.3 Å². The van der Waals surface area contributed by atoms with Crippen molar-refractivity contribution in [2.75, 3.05) is 6.61 Å². The van der Waals surface area contributed by atoms with Gasteiger partial charge in [0.25, 0.3) is 0 Å². The van der Waals surface area contributed by atoms with Crippen LogP contribution in [0.1, 0.15) is 28.7 Å². The van der Waals surface area contributed by atoms with Gasteiger partial charge in [-0.15, -0.1) is 0 Å². The second kappa shape index (κ2) is 4.64. The summed E-state index contributed by atoms with van der Waals surface area (Å²) in [4.78, 5) is 11.9. The Kier molecular flexibility index (Phi) is 3.18. The monoisotopic (exact) mass is 249 g/mol. The number of aromatic nitrogens is 3. The molecule has 2 heterocycles. The average Bonchev–Trinajstić information content (AvgIpc) is 2.85. The maximum atomic E-state index is 11.9. The Balaban J connectivity index is 2.53. The van der Waals surface area contributed by atoms with Crippen LogP contribution in [0.2, 0.25) is 0 Å². The number of carbonyl (C=O) groups is 1. The number of aryl methyl sites for hydroxylation is 2. The summed E-state index contributed by atoms with van der Waals surface area (Å²) >= 11 is 0. The Morgan fingerprint density at radius 3 is 2.78 bits per heavy atom. The molecule has 2 rings (SSSR count). The molecule has 0 aliphatic carbocycles. The zero-order valence-corrected chi connectivity index (χ0v) is 10.9. The van der Waals surface area contributed by atoms with Crippen molar-refractivity contribution in [2.24, 2.45) is 7.05 Å². The van der Waals surface area contributed by atoms with E-state index in [2.05, 4.69) is 10.3 Å². The highest BCUT2D eigenvalue weighted by Gasteiger charge is 2.24. The lowest BCUT2D eigenvalue weighted by Crippen LogP contribution is -2.06. The predicted molar refractivity (Wildman–Crippen MR) is 64.1 cm³/mol. The summed E-state index contributed by atoms with van der Waals surface area (Å²) in [5, 5.41) is 8.07. The van der Waals surface area contributed by atoms with Gasteiger partial charge in [-0.3, -0.25) is 4.68 Å². The number of ether oxygens (including phenoxy) is 1. The van der Waals surface area contributed by atoms with E-state index in [1.165, 1.54) is 0 Å². The fourth-order valence-electron chi connectivity index (χ4n) is 1.73. The Labute approximate surface area is 105 Å². The molecule has 6 nitrogen and oxygen atoms in total. The summed E-state index contributed by atoms with van der Waals surface area (Å²) in [7, 11) is 1.83. The number of nitrogens with zero attached hydrogens (tertiary/aromatic N) is 3. The van der Waals surface area contributed by atoms with Gasteiger partial charge in [0.2, 0.25) is 0 Å². The Morgan fingerprint density at radius 1 is 1.50 bits per heavy atom. The molecule has 0 aromatic carbocycles. The maximum Gasteiger partial charge on any atom is 0.344 e. The first-order valence-electron chi connectivity index (χ1n) is 5.68. The quantitative estimate of drug-likeness (QED) is 0.776. The standard InChI is InChI=1S/C12H15N3O3/c1-5-17-12(16)10-8(3)18-14-11(10)9-6-13-15(4)7(9)2/h6H,5H2,1-4H3. The van der Waals surface area contributed by atoms with Crippen LogP contribution in [0, 0.1) is 13.8 Å². The molecule has 0 N–H and O–H groups in total. The fourth-order valence-corrected chi connectivity index (χ4v) is 1.73. The molecular weight excluding hydrogens is 234 g/mol. The number of carbonyl (C=O) groups excluding carboxylic acids is 1. The molecule has 0 amide bonds. The van der Waals surface area contributed by atoms with E-state index in [4.69, 9.17) is 9.26 Å². The van der Waals surface area contributed by atoms with Crippen LogP contribution < -0.4 is 0 Å². The zero-order chi connectivity index (χ0) is 13.3. The molecule has 2 aromatic rings. The molecule has 0 fully saturated rings. The molecular formula is C12H15N3O3. The molecule has 0 aliphatic heterocycles. The van der Waals surface area contributed by atoms with E-state index in [9.17, 15) is 4.79 Å². The highest BCUT2D eigenvalue weighted by atomic mass is 16.5. The number of hydrogen-bond donors (Lipinski definition) is 0. The van der Waals surface area contributed by atoms with Crippen LogP contribution in [-0.2, 0) is 11.8 Å². The van der Waals surface area contributed by atoms with E-state index in [0.29, 0.717) is 23.6 Å². The van der Waals surface area contributed by atoms with E-state index in [1.807, 2.05) is 14.0 Å². The van der Waals surface area contributed by atoms with Crippen molar-refractivity contribution in [1.82, 2.24) is 14.9 Å². The minimum atomic E-state index is -0.422. The van der Waals surface area contributed by atoms with E-state index < -0.39 is 5.97 Å². The first kappa shape index (κ1) is 12.3. The van der Waals surface area contributed by atoms with Crippen LogP contribution in [0.3, 0.4) is 0 Å². The van der Waals surface area contributed by atoms with Crippen LogP contribution in [0.4, 0.5) is 0 Å². The smallest absolute Gasteiger partial charge is 0.344 e. The Bertz CT molecular complexity index is 583. The molecule has 18 heavy (non-hydrogen) atoms. The summed E-state index contributed by atoms with van der Waals surface area (Å²) in [5.41, 5.74) is 2.54. The lowest BCUT2D eigenvalue weighted by Gasteiger charge is -2.02. The van der Waals surface area contributed by atoms with Crippen LogP contribution >= 0.6 is 0 Å².